The number of hydrogen-bond acceptors (Lipinski definition) is 6. The Balaban J connectivity index is 2.13. The second kappa shape index (κ2) is 9.65. The molecule has 0 saturated carbocycles. The summed E-state index contributed by atoms with van der Waals surface area (Å²) in [6.07, 6.45) is 1.04. The number of nitrogens with zero attached hydrogens (tertiary/aromatic N) is 1. The smallest absolute Gasteiger partial charge is 0.337 e. The first-order chi connectivity index (χ1) is 13.0. The number of ether oxygens (including phenoxy) is 3. The van der Waals surface area contributed by atoms with Gasteiger partial charge in [0.25, 0.3) is 0 Å². The Hall–Kier alpha value is -2.97. The molecule has 0 saturated heterocycles. The SMILES string of the molecule is CO[C@@H](Cc1cccc(COc2cnccc2[C@H](OC)C(=O)O)c1)C(=O)O. The van der Waals surface area contributed by atoms with E-state index in [-0.39, 0.29) is 13.0 Å². The maximum absolute atomic E-state index is 11.3. The minimum absolute atomic E-state index is 0.160. The number of rotatable bonds is 10. The first-order valence-electron chi connectivity index (χ1n) is 8.12. The van der Waals surface area contributed by atoms with Gasteiger partial charge in [0.1, 0.15) is 12.4 Å². The largest absolute Gasteiger partial charge is 0.487 e. The molecule has 0 aliphatic rings. The number of benzene rings is 1. The molecular weight excluding hydrogens is 354 g/mol. The van der Waals surface area contributed by atoms with Gasteiger partial charge in [-0.25, -0.2) is 9.59 Å². The molecule has 0 radical (unpaired) electrons. The van der Waals surface area contributed by atoms with Crippen LogP contribution < -0.4 is 4.74 Å². The molecule has 1 heterocycles. The first-order valence-corrected chi connectivity index (χ1v) is 8.12. The highest BCUT2D eigenvalue weighted by atomic mass is 16.5. The van der Waals surface area contributed by atoms with Crippen LogP contribution in [0, 0.1) is 0 Å². The maximum Gasteiger partial charge on any atom is 0.337 e. The second-order valence-electron chi connectivity index (χ2n) is 5.74. The van der Waals surface area contributed by atoms with Crippen LogP contribution in [0.2, 0.25) is 0 Å². The van der Waals surface area contributed by atoms with Crippen LogP contribution in [0.5, 0.6) is 5.75 Å². The van der Waals surface area contributed by atoms with Gasteiger partial charge in [0.2, 0.25) is 0 Å². The van der Waals surface area contributed by atoms with E-state index in [9.17, 15) is 14.7 Å². The van der Waals surface area contributed by atoms with Crippen molar-refractivity contribution in [2.45, 2.75) is 25.2 Å². The van der Waals surface area contributed by atoms with Gasteiger partial charge in [-0.05, 0) is 17.2 Å². The fraction of sp³-hybridized carbons (Fsp3) is 0.316. The zero-order valence-electron chi connectivity index (χ0n) is 15.0. The standard InChI is InChI=1S/C19H21NO7/c1-25-15(18(21)22)9-12-4-3-5-13(8-12)11-27-16-10-20-7-6-14(16)17(26-2)19(23)24/h3-8,10,15,17H,9,11H2,1-2H3,(H,21,22)(H,23,24)/t15-,17-/m0/s1. The molecule has 2 rings (SSSR count). The molecule has 2 aromatic rings. The summed E-state index contributed by atoms with van der Waals surface area (Å²) >= 11 is 0. The summed E-state index contributed by atoms with van der Waals surface area (Å²) in [6, 6.07) is 8.77. The number of carboxylic acids is 2. The second-order valence-corrected chi connectivity index (χ2v) is 5.74. The van der Waals surface area contributed by atoms with Gasteiger partial charge in [-0.2, -0.15) is 0 Å². The van der Waals surface area contributed by atoms with Crippen molar-refractivity contribution >= 4 is 11.9 Å². The van der Waals surface area contributed by atoms with Gasteiger partial charge < -0.3 is 24.4 Å². The Bertz CT molecular complexity index is 793. The van der Waals surface area contributed by atoms with Crippen molar-refractivity contribution in [1.82, 2.24) is 4.98 Å². The van der Waals surface area contributed by atoms with Crippen molar-refractivity contribution in [3.05, 3.63) is 59.4 Å². The van der Waals surface area contributed by atoms with Gasteiger partial charge in [-0.15, -0.1) is 0 Å². The summed E-state index contributed by atoms with van der Waals surface area (Å²) in [5.74, 6) is -1.86. The molecule has 8 nitrogen and oxygen atoms in total. The van der Waals surface area contributed by atoms with Crippen molar-refractivity contribution < 1.29 is 34.0 Å². The molecule has 0 bridgehead atoms. The van der Waals surface area contributed by atoms with E-state index in [0.29, 0.717) is 11.3 Å². The van der Waals surface area contributed by atoms with Gasteiger partial charge in [-0.3, -0.25) is 4.98 Å². The Labute approximate surface area is 156 Å². The molecule has 0 spiro atoms. The van der Waals surface area contributed by atoms with E-state index in [4.69, 9.17) is 19.3 Å². The van der Waals surface area contributed by atoms with Gasteiger partial charge in [0, 0.05) is 32.4 Å². The van der Waals surface area contributed by atoms with Crippen LogP contribution in [0.3, 0.4) is 0 Å². The molecule has 2 N–H and O–H groups in total. The predicted molar refractivity (Wildman–Crippen MR) is 94.5 cm³/mol. The average Bonchev–Trinajstić information content (AvgIpc) is 2.65. The fourth-order valence-corrected chi connectivity index (χ4v) is 2.58. The third kappa shape index (κ3) is 5.50. The number of pyridine rings is 1. The van der Waals surface area contributed by atoms with Crippen molar-refractivity contribution in [2.24, 2.45) is 0 Å². The highest BCUT2D eigenvalue weighted by molar-refractivity contribution is 5.75. The lowest BCUT2D eigenvalue weighted by Gasteiger charge is -2.16. The molecular formula is C19H21NO7. The quantitative estimate of drug-likeness (QED) is 0.648. The highest BCUT2D eigenvalue weighted by Gasteiger charge is 2.23. The van der Waals surface area contributed by atoms with Crippen LogP contribution in [0.4, 0.5) is 0 Å². The molecule has 0 fully saturated rings. The van der Waals surface area contributed by atoms with Crippen LogP contribution in [-0.4, -0.2) is 47.5 Å². The molecule has 27 heavy (non-hydrogen) atoms. The third-order valence-electron chi connectivity index (χ3n) is 3.93. The third-order valence-corrected chi connectivity index (χ3v) is 3.93. The van der Waals surface area contributed by atoms with Crippen molar-refractivity contribution in [3.63, 3.8) is 0 Å². The van der Waals surface area contributed by atoms with E-state index >= 15 is 0 Å². The molecule has 8 heteroatoms. The Kier molecular flexibility index (Phi) is 7.27. The molecule has 144 valence electrons. The van der Waals surface area contributed by atoms with Crippen molar-refractivity contribution in [1.29, 1.82) is 0 Å². The zero-order chi connectivity index (χ0) is 19.8. The molecule has 0 aliphatic heterocycles. The Morgan fingerprint density at radius 2 is 1.81 bits per heavy atom. The van der Waals surface area contributed by atoms with Gasteiger partial charge >= 0.3 is 11.9 Å². The maximum atomic E-state index is 11.3. The van der Waals surface area contributed by atoms with Crippen LogP contribution in [0.1, 0.15) is 22.8 Å². The van der Waals surface area contributed by atoms with E-state index in [1.807, 2.05) is 12.1 Å². The van der Waals surface area contributed by atoms with Crippen LogP contribution in [-0.2, 0) is 32.1 Å². The minimum atomic E-state index is -1.16. The average molecular weight is 375 g/mol. The molecule has 0 aliphatic carbocycles. The van der Waals surface area contributed by atoms with E-state index in [1.54, 1.807) is 12.1 Å². The Morgan fingerprint density at radius 3 is 2.44 bits per heavy atom. The number of methoxy groups -OCH3 is 2. The molecule has 2 atom stereocenters. The van der Waals surface area contributed by atoms with Crippen molar-refractivity contribution in [2.75, 3.05) is 14.2 Å². The van der Waals surface area contributed by atoms with E-state index < -0.39 is 24.1 Å². The summed E-state index contributed by atoms with van der Waals surface area (Å²) in [5, 5.41) is 18.4. The number of carboxylic acid groups (broad SMARTS) is 2. The molecule has 0 amide bonds. The number of aliphatic carboxylic acids is 2. The zero-order valence-corrected chi connectivity index (χ0v) is 15.0. The number of aromatic nitrogens is 1. The van der Waals surface area contributed by atoms with Gasteiger partial charge in [0.05, 0.1) is 6.20 Å². The van der Waals surface area contributed by atoms with E-state index in [1.165, 1.54) is 32.7 Å². The normalized spacial score (nSPS) is 13.0. The lowest BCUT2D eigenvalue weighted by molar-refractivity contribution is -0.149. The lowest BCUT2D eigenvalue weighted by Crippen LogP contribution is -2.24. The predicted octanol–water partition coefficient (Wildman–Crippen LogP) is 2.07. The molecule has 1 aromatic heterocycles. The van der Waals surface area contributed by atoms with Gasteiger partial charge in [0.15, 0.2) is 12.2 Å². The van der Waals surface area contributed by atoms with Gasteiger partial charge in [-0.1, -0.05) is 24.3 Å². The number of carbonyl (C=O) groups is 2. The minimum Gasteiger partial charge on any atom is -0.487 e. The lowest BCUT2D eigenvalue weighted by atomic mass is 10.1. The number of hydrogen-bond donors (Lipinski definition) is 2. The van der Waals surface area contributed by atoms with Crippen LogP contribution >= 0.6 is 0 Å². The first kappa shape index (κ1) is 20.3. The molecule has 1 aromatic carbocycles. The van der Waals surface area contributed by atoms with Crippen LogP contribution in [0.15, 0.2) is 42.7 Å². The summed E-state index contributed by atoms with van der Waals surface area (Å²) in [6.45, 7) is 0.160. The summed E-state index contributed by atoms with van der Waals surface area (Å²) in [4.78, 5) is 26.4. The summed E-state index contributed by atoms with van der Waals surface area (Å²) < 4.78 is 15.7. The van der Waals surface area contributed by atoms with Crippen molar-refractivity contribution in [3.8, 4) is 5.75 Å². The van der Waals surface area contributed by atoms with Crippen LogP contribution in [0.25, 0.3) is 0 Å². The Morgan fingerprint density at radius 1 is 1.07 bits per heavy atom. The fourth-order valence-electron chi connectivity index (χ4n) is 2.58. The highest BCUT2D eigenvalue weighted by Crippen LogP contribution is 2.27. The monoisotopic (exact) mass is 375 g/mol. The summed E-state index contributed by atoms with van der Waals surface area (Å²) in [5.41, 5.74) is 1.95. The topological polar surface area (TPSA) is 115 Å². The van der Waals surface area contributed by atoms with E-state index in [2.05, 4.69) is 4.98 Å². The summed E-state index contributed by atoms with van der Waals surface area (Å²) in [7, 11) is 2.66. The van der Waals surface area contributed by atoms with E-state index in [0.717, 1.165) is 11.1 Å². The molecule has 0 unspecified atom stereocenters.